The van der Waals surface area contributed by atoms with Gasteiger partial charge in [0, 0.05) is 12.5 Å². The van der Waals surface area contributed by atoms with E-state index in [9.17, 15) is 18.7 Å². The van der Waals surface area contributed by atoms with Crippen LogP contribution >= 0.6 is 0 Å². The van der Waals surface area contributed by atoms with Crippen LogP contribution in [0.15, 0.2) is 18.2 Å². The standard InChI is InChI=1S/C15H18F2O3/c1-14(16,17)10-6-5-7-11(12(10)20-2)15(13(18)19)8-3-4-9-15/h5-7H,3-4,8-9H2,1-2H3,(H,18,19). The number of hydrogen-bond acceptors (Lipinski definition) is 2. The number of ether oxygens (including phenoxy) is 1. The third-order valence-electron chi connectivity index (χ3n) is 4.07. The Labute approximate surface area is 116 Å². The van der Waals surface area contributed by atoms with Crippen LogP contribution in [-0.2, 0) is 16.1 Å². The largest absolute Gasteiger partial charge is 0.496 e. The van der Waals surface area contributed by atoms with Crippen LogP contribution in [0.5, 0.6) is 5.75 Å². The maximum Gasteiger partial charge on any atom is 0.314 e. The summed E-state index contributed by atoms with van der Waals surface area (Å²) in [6.45, 7) is 0.788. The van der Waals surface area contributed by atoms with Crippen LogP contribution in [0, 0.1) is 0 Å². The molecule has 3 nitrogen and oxygen atoms in total. The molecule has 1 fully saturated rings. The molecular weight excluding hydrogens is 266 g/mol. The van der Waals surface area contributed by atoms with Gasteiger partial charge in [-0.25, -0.2) is 8.78 Å². The number of aliphatic carboxylic acids is 1. The van der Waals surface area contributed by atoms with Crippen LogP contribution in [0.3, 0.4) is 0 Å². The summed E-state index contributed by atoms with van der Waals surface area (Å²) in [7, 11) is 1.30. The second kappa shape index (κ2) is 5.04. The maximum atomic E-state index is 13.7. The van der Waals surface area contributed by atoms with Gasteiger partial charge in [-0.15, -0.1) is 0 Å². The molecule has 0 saturated heterocycles. The predicted molar refractivity (Wildman–Crippen MR) is 70.3 cm³/mol. The van der Waals surface area contributed by atoms with Crippen molar-refractivity contribution in [2.45, 2.75) is 43.9 Å². The van der Waals surface area contributed by atoms with E-state index < -0.39 is 17.3 Å². The van der Waals surface area contributed by atoms with Gasteiger partial charge in [0.1, 0.15) is 5.75 Å². The number of hydrogen-bond donors (Lipinski definition) is 1. The molecule has 0 amide bonds. The van der Waals surface area contributed by atoms with Gasteiger partial charge < -0.3 is 9.84 Å². The number of halogens is 2. The zero-order chi connectivity index (χ0) is 15.0. The average Bonchev–Trinajstić information content (AvgIpc) is 2.87. The molecule has 0 spiro atoms. The molecule has 0 radical (unpaired) electrons. The Morgan fingerprint density at radius 2 is 1.95 bits per heavy atom. The van der Waals surface area contributed by atoms with Crippen LogP contribution < -0.4 is 4.74 Å². The lowest BCUT2D eigenvalue weighted by Gasteiger charge is -2.28. The molecule has 0 unspecified atom stereocenters. The highest BCUT2D eigenvalue weighted by Crippen LogP contribution is 2.48. The number of rotatable bonds is 4. The lowest BCUT2D eigenvalue weighted by atomic mass is 9.77. The minimum Gasteiger partial charge on any atom is -0.496 e. The summed E-state index contributed by atoms with van der Waals surface area (Å²) >= 11 is 0. The Bertz CT molecular complexity index is 514. The topological polar surface area (TPSA) is 46.5 Å². The molecule has 1 aliphatic rings. The van der Waals surface area contributed by atoms with Crippen molar-refractivity contribution < 1.29 is 23.4 Å². The molecule has 1 saturated carbocycles. The van der Waals surface area contributed by atoms with Crippen LogP contribution in [0.4, 0.5) is 8.78 Å². The van der Waals surface area contributed by atoms with E-state index in [4.69, 9.17) is 4.74 Å². The molecule has 5 heteroatoms. The molecule has 20 heavy (non-hydrogen) atoms. The summed E-state index contributed by atoms with van der Waals surface area (Å²) in [4.78, 5) is 11.7. The molecule has 0 bridgehead atoms. The molecule has 2 rings (SSSR count). The highest BCUT2D eigenvalue weighted by atomic mass is 19.3. The average molecular weight is 284 g/mol. The Morgan fingerprint density at radius 3 is 2.40 bits per heavy atom. The first-order valence-electron chi connectivity index (χ1n) is 6.62. The third kappa shape index (κ3) is 2.25. The van der Waals surface area contributed by atoms with E-state index in [1.54, 1.807) is 6.07 Å². The van der Waals surface area contributed by atoms with Gasteiger partial charge in [0.2, 0.25) is 0 Å². The Balaban J connectivity index is 2.65. The highest BCUT2D eigenvalue weighted by Gasteiger charge is 2.46. The molecule has 1 aromatic carbocycles. The van der Waals surface area contributed by atoms with E-state index in [0.29, 0.717) is 18.4 Å². The number of benzene rings is 1. The minimum atomic E-state index is -3.07. The molecular formula is C15H18F2O3. The van der Waals surface area contributed by atoms with E-state index >= 15 is 0 Å². The molecule has 1 N–H and O–H groups in total. The first-order valence-corrected chi connectivity index (χ1v) is 6.62. The van der Waals surface area contributed by atoms with Gasteiger partial charge in [-0.1, -0.05) is 25.0 Å². The van der Waals surface area contributed by atoms with Gasteiger partial charge in [-0.3, -0.25) is 4.79 Å². The van der Waals surface area contributed by atoms with E-state index in [1.165, 1.54) is 19.2 Å². The van der Waals surface area contributed by atoms with Gasteiger partial charge in [0.05, 0.1) is 18.1 Å². The lowest BCUT2D eigenvalue weighted by molar-refractivity contribution is -0.143. The van der Waals surface area contributed by atoms with Crippen molar-refractivity contribution in [1.82, 2.24) is 0 Å². The van der Waals surface area contributed by atoms with E-state index in [0.717, 1.165) is 19.8 Å². The van der Waals surface area contributed by atoms with Crippen molar-refractivity contribution in [2.75, 3.05) is 7.11 Å². The van der Waals surface area contributed by atoms with E-state index in [-0.39, 0.29) is 11.3 Å². The zero-order valence-electron chi connectivity index (χ0n) is 11.6. The fourth-order valence-electron chi connectivity index (χ4n) is 3.06. The summed E-state index contributed by atoms with van der Waals surface area (Å²) in [6.07, 6.45) is 2.47. The number of methoxy groups -OCH3 is 1. The van der Waals surface area contributed by atoms with Crippen molar-refractivity contribution in [2.24, 2.45) is 0 Å². The number of carbonyl (C=O) groups is 1. The lowest BCUT2D eigenvalue weighted by Crippen LogP contribution is -2.33. The van der Waals surface area contributed by atoms with Gasteiger partial charge in [-0.2, -0.15) is 0 Å². The summed E-state index contributed by atoms with van der Waals surface area (Å²) in [5.41, 5.74) is -0.999. The van der Waals surface area contributed by atoms with Crippen LogP contribution in [0.2, 0.25) is 0 Å². The Morgan fingerprint density at radius 1 is 1.35 bits per heavy atom. The molecule has 0 atom stereocenters. The highest BCUT2D eigenvalue weighted by molar-refractivity contribution is 5.83. The van der Waals surface area contributed by atoms with Crippen molar-refractivity contribution >= 4 is 5.97 Å². The molecule has 0 heterocycles. The monoisotopic (exact) mass is 284 g/mol. The fraction of sp³-hybridized carbons (Fsp3) is 0.533. The predicted octanol–water partition coefficient (Wildman–Crippen LogP) is 3.70. The van der Waals surface area contributed by atoms with Crippen molar-refractivity contribution in [3.8, 4) is 5.75 Å². The fourth-order valence-corrected chi connectivity index (χ4v) is 3.06. The smallest absolute Gasteiger partial charge is 0.314 e. The second-order valence-corrected chi connectivity index (χ2v) is 5.37. The summed E-state index contributed by atoms with van der Waals surface area (Å²) in [5.74, 6) is -4.03. The first-order chi connectivity index (χ1) is 9.33. The number of para-hydroxylation sites is 1. The van der Waals surface area contributed by atoms with Crippen molar-refractivity contribution in [3.63, 3.8) is 0 Å². The van der Waals surface area contributed by atoms with Gasteiger partial charge in [0.15, 0.2) is 0 Å². The van der Waals surface area contributed by atoms with E-state index in [2.05, 4.69) is 0 Å². The maximum absolute atomic E-state index is 13.7. The first kappa shape index (κ1) is 14.8. The number of carboxylic acid groups (broad SMARTS) is 1. The minimum absolute atomic E-state index is 0.00398. The number of alkyl halides is 2. The van der Waals surface area contributed by atoms with E-state index in [1.807, 2.05) is 0 Å². The molecule has 1 aromatic rings. The third-order valence-corrected chi connectivity index (χ3v) is 4.07. The Kier molecular flexibility index (Phi) is 3.71. The normalized spacial score (nSPS) is 18.0. The molecule has 0 aliphatic heterocycles. The SMILES string of the molecule is COc1c(C(C)(F)F)cccc1C1(C(=O)O)CCCC1. The second-order valence-electron chi connectivity index (χ2n) is 5.37. The van der Waals surface area contributed by atoms with Crippen molar-refractivity contribution in [1.29, 1.82) is 0 Å². The molecule has 0 aromatic heterocycles. The van der Waals surface area contributed by atoms with Gasteiger partial charge in [-0.05, 0) is 18.9 Å². The van der Waals surface area contributed by atoms with Gasteiger partial charge >= 0.3 is 5.97 Å². The van der Waals surface area contributed by atoms with Crippen LogP contribution in [0.25, 0.3) is 0 Å². The van der Waals surface area contributed by atoms with Crippen LogP contribution in [-0.4, -0.2) is 18.2 Å². The number of carboxylic acids is 1. The summed E-state index contributed by atoms with van der Waals surface area (Å²) in [5, 5.41) is 9.59. The Hall–Kier alpha value is -1.65. The quantitative estimate of drug-likeness (QED) is 0.917. The van der Waals surface area contributed by atoms with Gasteiger partial charge in [0.25, 0.3) is 5.92 Å². The summed E-state index contributed by atoms with van der Waals surface area (Å²) in [6, 6.07) is 4.36. The van der Waals surface area contributed by atoms with Crippen LogP contribution in [0.1, 0.15) is 43.7 Å². The summed E-state index contributed by atoms with van der Waals surface area (Å²) < 4.78 is 32.5. The zero-order valence-corrected chi connectivity index (χ0v) is 11.6. The van der Waals surface area contributed by atoms with Crippen molar-refractivity contribution in [3.05, 3.63) is 29.3 Å². The molecule has 1 aliphatic carbocycles. The molecule has 110 valence electrons.